The maximum Gasteiger partial charge on any atom is 0.252 e. The van der Waals surface area contributed by atoms with Crippen LogP contribution in [0.3, 0.4) is 0 Å². The lowest BCUT2D eigenvalue weighted by Gasteiger charge is -2.11. The Hall–Kier alpha value is -2.38. The predicted molar refractivity (Wildman–Crippen MR) is 120 cm³/mol. The Labute approximate surface area is 181 Å². The van der Waals surface area contributed by atoms with E-state index in [4.69, 9.17) is 0 Å². The van der Waals surface area contributed by atoms with Crippen LogP contribution in [0.4, 0.5) is 5.69 Å². The molecule has 29 heavy (non-hydrogen) atoms. The summed E-state index contributed by atoms with van der Waals surface area (Å²) in [6.45, 7) is 1.95. The number of aromatic nitrogens is 1. The van der Waals surface area contributed by atoms with Crippen LogP contribution >= 0.6 is 27.7 Å². The number of benzene rings is 2. The van der Waals surface area contributed by atoms with E-state index in [1.807, 2.05) is 49.4 Å². The number of thioether (sulfide) groups is 1. The number of carbonyl (C=O) groups is 2. The first-order valence-electron chi connectivity index (χ1n) is 9.39. The first kappa shape index (κ1) is 19.9. The average molecular weight is 470 g/mol. The number of rotatable bonds is 6. The summed E-state index contributed by atoms with van der Waals surface area (Å²) in [5.41, 5.74) is 3.13. The van der Waals surface area contributed by atoms with E-state index < -0.39 is 0 Å². The second-order valence-electron chi connectivity index (χ2n) is 7.07. The highest BCUT2D eigenvalue weighted by Crippen LogP contribution is 2.26. The number of carbonyl (C=O) groups excluding carboxylic acids is 2. The summed E-state index contributed by atoms with van der Waals surface area (Å²) in [5, 5.41) is 7.45. The number of hydrogen-bond donors (Lipinski definition) is 2. The van der Waals surface area contributed by atoms with E-state index in [-0.39, 0.29) is 23.6 Å². The van der Waals surface area contributed by atoms with E-state index >= 15 is 0 Å². The number of nitrogens with zero attached hydrogens (tertiary/aromatic N) is 1. The van der Waals surface area contributed by atoms with E-state index in [9.17, 15) is 9.59 Å². The second-order valence-corrected chi connectivity index (χ2v) is 8.98. The lowest BCUT2D eigenvalue weighted by atomic mass is 10.1. The van der Waals surface area contributed by atoms with Crippen molar-refractivity contribution in [2.75, 3.05) is 11.1 Å². The van der Waals surface area contributed by atoms with Gasteiger partial charge in [-0.25, -0.2) is 4.98 Å². The van der Waals surface area contributed by atoms with E-state index in [0.29, 0.717) is 10.6 Å². The Bertz CT molecular complexity index is 1100. The highest BCUT2D eigenvalue weighted by atomic mass is 79.9. The quantitative estimate of drug-likeness (QED) is 0.502. The normalized spacial score (nSPS) is 13.3. The molecule has 1 aromatic heterocycles. The maximum atomic E-state index is 12.7. The molecular weight excluding hydrogens is 450 g/mol. The molecule has 0 aliphatic heterocycles. The average Bonchev–Trinajstić information content (AvgIpc) is 3.52. The van der Waals surface area contributed by atoms with Gasteiger partial charge in [0.15, 0.2) is 0 Å². The standard InChI is InChI=1S/C22H20BrN3O2S/c1-13-10-14(23)6-9-18(13)25-20(27)12-29-21-11-17(22(28)24-15-7-8-15)16-4-2-3-5-19(16)26-21/h2-6,9-11,15H,7-8,12H2,1H3,(H,24,28)(H,25,27). The molecule has 0 unspecified atom stereocenters. The van der Waals surface area contributed by atoms with E-state index in [0.717, 1.165) is 39.5 Å². The van der Waals surface area contributed by atoms with Crippen LogP contribution in [-0.4, -0.2) is 28.6 Å². The van der Waals surface area contributed by atoms with Gasteiger partial charge in [0.05, 0.1) is 21.9 Å². The van der Waals surface area contributed by atoms with Crippen LogP contribution in [0, 0.1) is 6.92 Å². The minimum atomic E-state index is -0.112. The molecule has 7 heteroatoms. The topological polar surface area (TPSA) is 71.1 Å². The summed E-state index contributed by atoms with van der Waals surface area (Å²) in [6.07, 6.45) is 2.07. The first-order valence-corrected chi connectivity index (χ1v) is 11.2. The minimum Gasteiger partial charge on any atom is -0.349 e. The predicted octanol–water partition coefficient (Wildman–Crippen LogP) is 4.93. The van der Waals surface area contributed by atoms with Crippen LogP contribution < -0.4 is 10.6 Å². The third kappa shape index (κ3) is 4.97. The van der Waals surface area contributed by atoms with Gasteiger partial charge in [0.2, 0.25) is 5.91 Å². The third-order valence-electron chi connectivity index (χ3n) is 4.66. The zero-order valence-corrected chi connectivity index (χ0v) is 18.3. The molecule has 148 valence electrons. The number of fused-ring (bicyclic) bond motifs is 1. The molecule has 5 nitrogen and oxygen atoms in total. The largest absolute Gasteiger partial charge is 0.349 e. The molecule has 0 atom stereocenters. The molecule has 1 heterocycles. The van der Waals surface area contributed by atoms with Crippen LogP contribution in [0.25, 0.3) is 10.9 Å². The van der Waals surface area contributed by atoms with Crippen molar-refractivity contribution in [3.05, 3.63) is 64.1 Å². The third-order valence-corrected chi connectivity index (χ3v) is 6.07. The molecule has 0 saturated heterocycles. The molecule has 4 rings (SSSR count). The highest BCUT2D eigenvalue weighted by Gasteiger charge is 2.25. The Morgan fingerprint density at radius 3 is 2.72 bits per heavy atom. The summed E-state index contributed by atoms with van der Waals surface area (Å²) in [6, 6.07) is 15.4. The molecule has 1 aliphatic carbocycles. The number of para-hydroxylation sites is 1. The summed E-state index contributed by atoms with van der Waals surface area (Å²) < 4.78 is 0.972. The Morgan fingerprint density at radius 2 is 1.97 bits per heavy atom. The van der Waals surface area contributed by atoms with Gasteiger partial charge in [0, 0.05) is 21.6 Å². The number of aryl methyl sites for hydroxylation is 1. The molecule has 1 saturated carbocycles. The Kier molecular flexibility index (Phi) is 5.87. The number of anilines is 1. The Morgan fingerprint density at radius 1 is 1.17 bits per heavy atom. The van der Waals surface area contributed by atoms with Crippen molar-refractivity contribution < 1.29 is 9.59 Å². The van der Waals surface area contributed by atoms with Crippen molar-refractivity contribution in [2.24, 2.45) is 0 Å². The van der Waals surface area contributed by atoms with Crippen LogP contribution in [-0.2, 0) is 4.79 Å². The number of amides is 2. The van der Waals surface area contributed by atoms with Gasteiger partial charge in [-0.05, 0) is 55.7 Å². The highest BCUT2D eigenvalue weighted by molar-refractivity contribution is 9.10. The summed E-state index contributed by atoms with van der Waals surface area (Å²) in [4.78, 5) is 29.7. The van der Waals surface area contributed by atoms with Crippen LogP contribution in [0.5, 0.6) is 0 Å². The molecule has 2 N–H and O–H groups in total. The lowest BCUT2D eigenvalue weighted by Crippen LogP contribution is -2.25. The molecule has 1 aliphatic rings. The lowest BCUT2D eigenvalue weighted by molar-refractivity contribution is -0.113. The molecule has 2 amide bonds. The zero-order valence-electron chi connectivity index (χ0n) is 15.9. The van der Waals surface area contributed by atoms with Crippen LogP contribution in [0.15, 0.2) is 58.0 Å². The minimum absolute atomic E-state index is 0.0807. The van der Waals surface area contributed by atoms with Gasteiger partial charge in [-0.1, -0.05) is 45.9 Å². The molecule has 0 bridgehead atoms. The van der Waals surface area contributed by atoms with Crippen molar-refractivity contribution in [3.63, 3.8) is 0 Å². The van der Waals surface area contributed by atoms with Gasteiger partial charge >= 0.3 is 0 Å². The van der Waals surface area contributed by atoms with Gasteiger partial charge in [0.1, 0.15) is 0 Å². The number of nitrogens with one attached hydrogen (secondary N) is 2. The number of pyridine rings is 1. The van der Waals surface area contributed by atoms with E-state index in [1.54, 1.807) is 6.07 Å². The van der Waals surface area contributed by atoms with Crippen molar-refractivity contribution in [3.8, 4) is 0 Å². The SMILES string of the molecule is Cc1cc(Br)ccc1NC(=O)CSc1cc(C(=O)NC2CC2)c2ccccc2n1. The smallest absolute Gasteiger partial charge is 0.252 e. The van der Waals surface area contributed by atoms with Gasteiger partial charge < -0.3 is 10.6 Å². The van der Waals surface area contributed by atoms with Crippen LogP contribution in [0.2, 0.25) is 0 Å². The second kappa shape index (κ2) is 8.55. The molecule has 0 radical (unpaired) electrons. The number of halogens is 1. The summed E-state index contributed by atoms with van der Waals surface area (Å²) in [5.74, 6) is 0.0205. The van der Waals surface area contributed by atoms with Gasteiger partial charge in [0.25, 0.3) is 5.91 Å². The first-order chi connectivity index (χ1) is 14.0. The van der Waals surface area contributed by atoms with Crippen molar-refractivity contribution >= 4 is 56.1 Å². The molecule has 3 aromatic rings. The fourth-order valence-electron chi connectivity index (χ4n) is 3.00. The van der Waals surface area contributed by atoms with Crippen molar-refractivity contribution in [2.45, 2.75) is 30.8 Å². The van der Waals surface area contributed by atoms with Crippen LogP contribution in [0.1, 0.15) is 28.8 Å². The zero-order chi connectivity index (χ0) is 20.4. The van der Waals surface area contributed by atoms with E-state index in [2.05, 4.69) is 31.5 Å². The molecular formula is C22H20BrN3O2S. The molecule has 2 aromatic carbocycles. The fourth-order valence-corrected chi connectivity index (χ4v) is 4.19. The fraction of sp³-hybridized carbons (Fsp3) is 0.227. The summed E-state index contributed by atoms with van der Waals surface area (Å²) in [7, 11) is 0. The van der Waals surface area contributed by atoms with Crippen molar-refractivity contribution in [1.29, 1.82) is 0 Å². The summed E-state index contributed by atoms with van der Waals surface area (Å²) >= 11 is 4.75. The van der Waals surface area contributed by atoms with Gasteiger partial charge in [-0.3, -0.25) is 9.59 Å². The van der Waals surface area contributed by atoms with Crippen molar-refractivity contribution in [1.82, 2.24) is 10.3 Å². The maximum absolute atomic E-state index is 12.7. The Balaban J connectivity index is 1.49. The number of hydrogen-bond acceptors (Lipinski definition) is 4. The van der Waals surface area contributed by atoms with Gasteiger partial charge in [-0.2, -0.15) is 0 Å². The molecule has 1 fully saturated rings. The monoisotopic (exact) mass is 469 g/mol. The van der Waals surface area contributed by atoms with E-state index in [1.165, 1.54) is 11.8 Å². The molecule has 0 spiro atoms. The van der Waals surface area contributed by atoms with Gasteiger partial charge in [-0.15, -0.1) is 0 Å².